The minimum Gasteiger partial charge on any atom is -0.391 e. The molecule has 0 unspecified atom stereocenters. The highest BCUT2D eigenvalue weighted by Gasteiger charge is 2.08. The largest absolute Gasteiger partial charge is 0.391 e. The summed E-state index contributed by atoms with van der Waals surface area (Å²) in [5, 5.41) is 11.4. The van der Waals surface area contributed by atoms with Gasteiger partial charge < -0.3 is 15.2 Å². The minimum absolute atomic E-state index is 0.421. The van der Waals surface area contributed by atoms with E-state index in [1.54, 1.807) is 14.0 Å². The first-order chi connectivity index (χ1) is 3.72. The van der Waals surface area contributed by atoms with Gasteiger partial charge in [-0.05, 0) is 14.0 Å². The van der Waals surface area contributed by atoms with Gasteiger partial charge in [0.05, 0.1) is 12.1 Å². The third-order valence-corrected chi connectivity index (χ3v) is 1.000. The van der Waals surface area contributed by atoms with Crippen molar-refractivity contribution in [1.82, 2.24) is 5.32 Å². The highest BCUT2D eigenvalue weighted by Crippen LogP contribution is 1.84. The smallest absolute Gasteiger partial charge is 0.139 e. The lowest BCUT2D eigenvalue weighted by molar-refractivity contribution is -0.111. The molecule has 0 bridgehead atoms. The standard InChI is InChI=1S/C5H11NO2/c1-4(8)5(3-7)6-2/h3-6,8H,1-2H3/t4-,5-/m0/s1. The van der Waals surface area contributed by atoms with Crippen LogP contribution in [-0.4, -0.2) is 30.6 Å². The maximum absolute atomic E-state index is 9.96. The first-order valence-electron chi connectivity index (χ1n) is 2.53. The van der Waals surface area contributed by atoms with Crippen molar-refractivity contribution in [2.24, 2.45) is 0 Å². The molecular formula is C5H11NO2. The maximum Gasteiger partial charge on any atom is 0.139 e. The van der Waals surface area contributed by atoms with Gasteiger partial charge in [-0.15, -0.1) is 0 Å². The van der Waals surface area contributed by atoms with Crippen molar-refractivity contribution in [2.45, 2.75) is 19.1 Å². The molecule has 0 aliphatic rings. The summed E-state index contributed by atoms with van der Waals surface area (Å²) in [6.07, 6.45) is 0.0856. The van der Waals surface area contributed by atoms with Gasteiger partial charge in [-0.1, -0.05) is 0 Å². The zero-order valence-corrected chi connectivity index (χ0v) is 5.09. The van der Waals surface area contributed by atoms with E-state index in [0.29, 0.717) is 6.29 Å². The summed E-state index contributed by atoms with van der Waals surface area (Å²) < 4.78 is 0. The molecule has 0 amide bonds. The summed E-state index contributed by atoms with van der Waals surface area (Å²) in [5.74, 6) is 0. The molecule has 0 aromatic carbocycles. The Morgan fingerprint density at radius 2 is 2.25 bits per heavy atom. The zero-order valence-electron chi connectivity index (χ0n) is 5.09. The van der Waals surface area contributed by atoms with Crippen molar-refractivity contribution in [3.05, 3.63) is 0 Å². The summed E-state index contributed by atoms with van der Waals surface area (Å²) >= 11 is 0. The number of aliphatic hydroxyl groups is 1. The van der Waals surface area contributed by atoms with Crippen molar-refractivity contribution < 1.29 is 9.90 Å². The number of likely N-dealkylation sites (N-methyl/N-ethyl adjacent to an activating group) is 1. The number of aliphatic hydroxyl groups excluding tert-OH is 1. The molecule has 0 heterocycles. The number of hydrogen-bond acceptors (Lipinski definition) is 3. The first kappa shape index (κ1) is 7.59. The Balaban J connectivity index is 3.51. The fourth-order valence-corrected chi connectivity index (χ4v) is 0.423. The summed E-state index contributed by atoms with van der Waals surface area (Å²) in [4.78, 5) is 9.96. The van der Waals surface area contributed by atoms with Gasteiger partial charge in [0.1, 0.15) is 6.29 Å². The second-order valence-corrected chi connectivity index (χ2v) is 1.69. The average Bonchev–Trinajstić information content (AvgIpc) is 1.69. The fraction of sp³-hybridized carbons (Fsp3) is 0.800. The minimum atomic E-state index is -0.600. The van der Waals surface area contributed by atoms with Gasteiger partial charge in [-0.25, -0.2) is 0 Å². The van der Waals surface area contributed by atoms with E-state index >= 15 is 0 Å². The Bertz CT molecular complexity index is 72.8. The van der Waals surface area contributed by atoms with Crippen LogP contribution in [0.25, 0.3) is 0 Å². The van der Waals surface area contributed by atoms with E-state index in [4.69, 9.17) is 5.11 Å². The highest BCUT2D eigenvalue weighted by molar-refractivity contribution is 5.58. The van der Waals surface area contributed by atoms with Crippen molar-refractivity contribution in [1.29, 1.82) is 0 Å². The Hall–Kier alpha value is -0.410. The molecule has 2 atom stereocenters. The molecule has 0 radical (unpaired) electrons. The van der Waals surface area contributed by atoms with Gasteiger partial charge in [0.15, 0.2) is 0 Å². The molecule has 2 N–H and O–H groups in total. The molecule has 0 spiro atoms. The monoisotopic (exact) mass is 117 g/mol. The van der Waals surface area contributed by atoms with E-state index in [-0.39, 0.29) is 0 Å². The molecule has 8 heavy (non-hydrogen) atoms. The third-order valence-electron chi connectivity index (χ3n) is 1.000. The summed E-state index contributed by atoms with van der Waals surface area (Å²) in [5.41, 5.74) is 0. The second kappa shape index (κ2) is 3.57. The highest BCUT2D eigenvalue weighted by atomic mass is 16.3. The zero-order chi connectivity index (χ0) is 6.57. The van der Waals surface area contributed by atoms with E-state index in [1.165, 1.54) is 0 Å². The first-order valence-corrected chi connectivity index (χ1v) is 2.53. The Morgan fingerprint density at radius 1 is 1.75 bits per heavy atom. The van der Waals surface area contributed by atoms with E-state index < -0.39 is 12.1 Å². The summed E-state index contributed by atoms with van der Waals surface area (Å²) in [7, 11) is 1.63. The van der Waals surface area contributed by atoms with E-state index in [0.717, 1.165) is 0 Å². The lowest BCUT2D eigenvalue weighted by Crippen LogP contribution is -2.36. The van der Waals surface area contributed by atoms with Crippen molar-refractivity contribution in [3.63, 3.8) is 0 Å². The molecule has 0 saturated heterocycles. The van der Waals surface area contributed by atoms with Crippen LogP contribution in [0, 0.1) is 0 Å². The van der Waals surface area contributed by atoms with Crippen LogP contribution in [0.1, 0.15) is 6.92 Å². The van der Waals surface area contributed by atoms with Crippen LogP contribution >= 0.6 is 0 Å². The Morgan fingerprint density at radius 3 is 2.25 bits per heavy atom. The van der Waals surface area contributed by atoms with Crippen LogP contribution < -0.4 is 5.32 Å². The SMILES string of the molecule is CN[C@@H](C=O)[C@H](C)O. The van der Waals surface area contributed by atoms with Crippen molar-refractivity contribution in [3.8, 4) is 0 Å². The second-order valence-electron chi connectivity index (χ2n) is 1.69. The number of carbonyl (C=O) groups excluding carboxylic acids is 1. The number of carbonyl (C=O) groups is 1. The van der Waals surface area contributed by atoms with Crippen LogP contribution in [0.5, 0.6) is 0 Å². The molecule has 0 aromatic rings. The van der Waals surface area contributed by atoms with E-state index in [2.05, 4.69) is 5.32 Å². The molecule has 0 aliphatic heterocycles. The van der Waals surface area contributed by atoms with Crippen LogP contribution in [0.2, 0.25) is 0 Å². The average molecular weight is 117 g/mol. The van der Waals surface area contributed by atoms with Gasteiger partial charge in [0.25, 0.3) is 0 Å². The molecule has 0 aliphatic carbocycles. The number of hydrogen-bond donors (Lipinski definition) is 2. The Kier molecular flexibility index (Phi) is 3.39. The van der Waals surface area contributed by atoms with Crippen LogP contribution in [0.4, 0.5) is 0 Å². The maximum atomic E-state index is 9.96. The van der Waals surface area contributed by atoms with Crippen LogP contribution in [0.3, 0.4) is 0 Å². The molecule has 0 fully saturated rings. The Labute approximate surface area is 48.7 Å². The third kappa shape index (κ3) is 2.04. The molecule has 0 aromatic heterocycles. The van der Waals surface area contributed by atoms with Gasteiger partial charge in [0.2, 0.25) is 0 Å². The lowest BCUT2D eigenvalue weighted by Gasteiger charge is -2.10. The predicted octanol–water partition coefficient (Wildman–Crippen LogP) is -0.846. The number of aldehydes is 1. The fourth-order valence-electron chi connectivity index (χ4n) is 0.423. The molecular weight excluding hydrogens is 106 g/mol. The lowest BCUT2D eigenvalue weighted by atomic mass is 10.2. The van der Waals surface area contributed by atoms with Gasteiger partial charge >= 0.3 is 0 Å². The van der Waals surface area contributed by atoms with E-state index in [1.807, 2.05) is 0 Å². The number of nitrogens with one attached hydrogen (secondary N) is 1. The quantitative estimate of drug-likeness (QED) is 0.473. The van der Waals surface area contributed by atoms with Crippen LogP contribution in [0.15, 0.2) is 0 Å². The molecule has 3 nitrogen and oxygen atoms in total. The summed E-state index contributed by atoms with van der Waals surface area (Å²) in [6, 6.07) is -0.421. The molecule has 0 saturated carbocycles. The molecule has 3 heteroatoms. The van der Waals surface area contributed by atoms with Gasteiger partial charge in [0, 0.05) is 0 Å². The number of rotatable bonds is 3. The molecule has 48 valence electrons. The normalized spacial score (nSPS) is 17.4. The molecule has 0 rings (SSSR count). The van der Waals surface area contributed by atoms with Crippen molar-refractivity contribution >= 4 is 6.29 Å². The van der Waals surface area contributed by atoms with Gasteiger partial charge in [-0.2, -0.15) is 0 Å². The van der Waals surface area contributed by atoms with Gasteiger partial charge in [-0.3, -0.25) is 0 Å². The van der Waals surface area contributed by atoms with E-state index in [9.17, 15) is 4.79 Å². The predicted molar refractivity (Wildman–Crippen MR) is 30.6 cm³/mol. The topological polar surface area (TPSA) is 49.3 Å². The summed E-state index contributed by atoms with van der Waals surface area (Å²) in [6.45, 7) is 1.57. The van der Waals surface area contributed by atoms with Crippen LogP contribution in [-0.2, 0) is 4.79 Å². The van der Waals surface area contributed by atoms with Crippen molar-refractivity contribution in [2.75, 3.05) is 7.05 Å².